The second kappa shape index (κ2) is 42.0. The largest absolute Gasteiger partial charge is 0.396 e. The Morgan fingerprint density at radius 1 is 0.404 bits per heavy atom. The van der Waals surface area contributed by atoms with Gasteiger partial charge in [0, 0.05) is 131 Å². The maximum atomic E-state index is 12.2. The predicted octanol–water partition coefficient (Wildman–Crippen LogP) is 8.18. The minimum atomic E-state index is -0.727. The van der Waals surface area contributed by atoms with Crippen LogP contribution in [-0.4, -0.2) is 137 Å². The minimum Gasteiger partial charge on any atom is -0.396 e. The zero-order chi connectivity index (χ0) is 34.5. The first-order chi connectivity index (χ1) is 23.0. The van der Waals surface area contributed by atoms with Crippen molar-refractivity contribution in [3.05, 3.63) is 0 Å². The van der Waals surface area contributed by atoms with Gasteiger partial charge < -0.3 is 10.2 Å². The van der Waals surface area contributed by atoms with Crippen molar-refractivity contribution < 1.29 is 28.8 Å². The highest BCUT2D eigenvalue weighted by Crippen LogP contribution is 2.23. The van der Waals surface area contributed by atoms with Crippen molar-refractivity contribution in [1.82, 2.24) is 0 Å². The fourth-order valence-electron chi connectivity index (χ4n) is 2.78. The number of carbonyl (C=O) groups excluding carboxylic acids is 3. The third-order valence-electron chi connectivity index (χ3n) is 5.09. The molecule has 19 heteroatoms. The van der Waals surface area contributed by atoms with E-state index in [1.54, 1.807) is 35.3 Å². The van der Waals surface area contributed by atoms with E-state index in [1.807, 2.05) is 70.6 Å². The summed E-state index contributed by atoms with van der Waals surface area (Å²) in [4.78, 5) is 35.4. The Labute approximate surface area is 338 Å². The van der Waals surface area contributed by atoms with Crippen molar-refractivity contribution in [2.45, 2.75) is 38.5 Å². The summed E-state index contributed by atoms with van der Waals surface area (Å²) in [7, 11) is -0.727. The molecule has 278 valence electrons. The molecule has 0 spiro atoms. The average molecular weight is 902 g/mol. The highest BCUT2D eigenvalue weighted by atomic mass is 32.2. The van der Waals surface area contributed by atoms with Gasteiger partial charge in [-0.3, -0.25) is 18.6 Å². The van der Waals surface area contributed by atoms with E-state index in [-0.39, 0.29) is 28.6 Å². The molecule has 0 aliphatic heterocycles. The summed E-state index contributed by atoms with van der Waals surface area (Å²) in [5.41, 5.74) is 0. The molecule has 0 heterocycles. The van der Waals surface area contributed by atoms with Crippen LogP contribution in [-0.2, 0) is 25.2 Å². The zero-order valence-corrected chi connectivity index (χ0v) is 37.6. The van der Waals surface area contributed by atoms with Crippen LogP contribution in [0.1, 0.15) is 38.5 Å². The van der Waals surface area contributed by atoms with Crippen molar-refractivity contribution in [2.24, 2.45) is 0 Å². The molecule has 1 atom stereocenters. The maximum absolute atomic E-state index is 12.2. The molecular formula is C28H52O6S13. The van der Waals surface area contributed by atoms with Gasteiger partial charge >= 0.3 is 0 Å². The number of carbonyl (C=O) groups is 3. The molecule has 0 aromatic carbocycles. The lowest BCUT2D eigenvalue weighted by Crippen LogP contribution is -2.05. The van der Waals surface area contributed by atoms with Gasteiger partial charge in [-0.15, -0.1) is 35.3 Å². The fraction of sp³-hybridized carbons (Fsp3) is 0.893. The van der Waals surface area contributed by atoms with Crippen molar-refractivity contribution in [2.75, 3.05) is 107 Å². The van der Waals surface area contributed by atoms with E-state index in [2.05, 4.69) is 0 Å². The fourth-order valence-corrected chi connectivity index (χ4v) is 17.7. The lowest BCUT2D eigenvalue weighted by molar-refractivity contribution is -0.111. The number of hydrogen-bond donors (Lipinski definition) is 2. The van der Waals surface area contributed by atoms with E-state index in [0.717, 1.165) is 88.7 Å². The molecule has 0 saturated heterocycles. The van der Waals surface area contributed by atoms with E-state index in [4.69, 9.17) is 10.2 Å². The van der Waals surface area contributed by atoms with Crippen LogP contribution in [0.15, 0.2) is 0 Å². The highest BCUT2D eigenvalue weighted by Gasteiger charge is 2.06. The van der Waals surface area contributed by atoms with E-state index in [0.29, 0.717) is 43.6 Å². The second-order valence-electron chi connectivity index (χ2n) is 9.04. The van der Waals surface area contributed by atoms with E-state index < -0.39 is 10.8 Å². The summed E-state index contributed by atoms with van der Waals surface area (Å²) in [6.07, 6.45) is 4.16. The van der Waals surface area contributed by atoms with Crippen LogP contribution < -0.4 is 0 Å². The first kappa shape index (κ1) is 50.3. The SMILES string of the molecule is O=C(CCSCSCSCCCS(=O)CCSCSCSCCSC(=O)CCSCSCSCCC(=O)SCCCO)SCCCO. The number of aliphatic hydroxyl groups excluding tert-OH is 2. The molecule has 0 bridgehead atoms. The lowest BCUT2D eigenvalue weighted by atomic mass is 10.5. The molecule has 0 aliphatic carbocycles. The predicted molar refractivity (Wildman–Crippen MR) is 239 cm³/mol. The van der Waals surface area contributed by atoms with Gasteiger partial charge in [-0.1, -0.05) is 35.3 Å². The molecule has 0 aromatic heterocycles. The van der Waals surface area contributed by atoms with Crippen molar-refractivity contribution in [3.63, 3.8) is 0 Å². The first-order valence-corrected chi connectivity index (χ1v) is 30.1. The molecule has 1 unspecified atom stereocenters. The smallest absolute Gasteiger partial charge is 0.189 e. The highest BCUT2D eigenvalue weighted by molar-refractivity contribution is 8.24. The van der Waals surface area contributed by atoms with Crippen LogP contribution in [0, 0.1) is 0 Å². The number of aliphatic hydroxyl groups is 2. The molecule has 6 nitrogen and oxygen atoms in total. The van der Waals surface area contributed by atoms with Crippen molar-refractivity contribution in [1.29, 1.82) is 0 Å². The number of thioether (sulfide) groups is 12. The average Bonchev–Trinajstić information content (AvgIpc) is 3.05. The molecule has 0 aromatic rings. The second-order valence-corrected chi connectivity index (χ2v) is 26.0. The molecule has 2 N–H and O–H groups in total. The van der Waals surface area contributed by atoms with Crippen LogP contribution in [0.2, 0.25) is 0 Å². The Kier molecular flexibility index (Phi) is 45.0. The van der Waals surface area contributed by atoms with E-state index in [1.165, 1.54) is 35.3 Å². The summed E-state index contributed by atoms with van der Waals surface area (Å²) >= 11 is 20.8. The maximum Gasteiger partial charge on any atom is 0.189 e. The van der Waals surface area contributed by atoms with Gasteiger partial charge in [0.2, 0.25) is 0 Å². The topological polar surface area (TPSA) is 109 Å². The Balaban J connectivity index is 3.31. The van der Waals surface area contributed by atoms with Crippen LogP contribution >= 0.6 is 141 Å². The lowest BCUT2D eigenvalue weighted by Gasteiger charge is -2.05. The number of hydrogen-bond acceptors (Lipinski definition) is 18. The van der Waals surface area contributed by atoms with Gasteiger partial charge in [-0.25, -0.2) is 0 Å². The molecule has 47 heavy (non-hydrogen) atoms. The number of rotatable bonds is 37. The van der Waals surface area contributed by atoms with Crippen LogP contribution in [0.25, 0.3) is 0 Å². The van der Waals surface area contributed by atoms with Crippen molar-refractivity contribution in [3.8, 4) is 0 Å². The van der Waals surface area contributed by atoms with Gasteiger partial charge in [0.15, 0.2) is 15.3 Å². The third kappa shape index (κ3) is 41.9. The molecule has 0 saturated carbocycles. The third-order valence-corrected chi connectivity index (χ3v) is 21.0. The Morgan fingerprint density at radius 2 is 0.787 bits per heavy atom. The van der Waals surface area contributed by atoms with Crippen LogP contribution in [0.5, 0.6) is 0 Å². The quantitative estimate of drug-likeness (QED) is 0.0462. The molecule has 0 fully saturated rings. The summed E-state index contributed by atoms with van der Waals surface area (Å²) in [6, 6.07) is 0. The van der Waals surface area contributed by atoms with Gasteiger partial charge in [0.05, 0.1) is 0 Å². The van der Waals surface area contributed by atoms with E-state index in [9.17, 15) is 18.6 Å². The first-order valence-electron chi connectivity index (χ1n) is 15.2. The Morgan fingerprint density at radius 3 is 1.23 bits per heavy atom. The summed E-state index contributed by atoms with van der Waals surface area (Å²) in [5, 5.41) is 24.2. The molecule has 0 amide bonds. The molecule has 0 radical (unpaired) electrons. The zero-order valence-electron chi connectivity index (χ0n) is 27.0. The van der Waals surface area contributed by atoms with Crippen LogP contribution in [0.4, 0.5) is 0 Å². The molecular weight excluding hydrogens is 849 g/mol. The standard InChI is InChI=1S/C28H52O6S13/c29-7-1-10-44-26(31)4-12-36-21-41-20-35-9-3-18-47(34)19-17-40-25-43-24-39-15-16-46-28(33)6-14-38-23-42-22-37-13-5-27(32)45-11-2-8-30/h29-30H,1-25H2. The molecule has 0 aliphatic rings. The molecule has 0 rings (SSSR count). The van der Waals surface area contributed by atoms with E-state index >= 15 is 0 Å². The summed E-state index contributed by atoms with van der Waals surface area (Å²) in [6.45, 7) is 0.291. The normalized spacial score (nSPS) is 12.0. The van der Waals surface area contributed by atoms with Crippen molar-refractivity contribution >= 4 is 167 Å². The monoisotopic (exact) mass is 900 g/mol. The van der Waals surface area contributed by atoms with Gasteiger partial charge in [0.1, 0.15) is 0 Å². The summed E-state index contributed by atoms with van der Waals surface area (Å²) < 4.78 is 12.2. The Hall–Kier alpha value is 3.28. The van der Waals surface area contributed by atoms with Gasteiger partial charge in [-0.05, 0) is 25.0 Å². The van der Waals surface area contributed by atoms with Gasteiger partial charge in [-0.2, -0.15) is 70.6 Å². The Bertz CT molecular complexity index is 770. The van der Waals surface area contributed by atoms with Gasteiger partial charge in [0.25, 0.3) is 0 Å². The minimum absolute atomic E-state index is 0.143. The van der Waals surface area contributed by atoms with Crippen LogP contribution in [0.3, 0.4) is 0 Å². The summed E-state index contributed by atoms with van der Waals surface area (Å²) in [5.74, 6) is 9.40.